The number of hydrogen-bond donors (Lipinski definition) is 3. The van der Waals surface area contributed by atoms with Crippen LogP contribution in [-0.2, 0) is 0 Å². The van der Waals surface area contributed by atoms with Crippen LogP contribution in [0.25, 0.3) is 0 Å². The van der Waals surface area contributed by atoms with E-state index in [0.29, 0.717) is 5.56 Å². The second kappa shape index (κ2) is 4.96. The molecular weight excluding hydrogens is 204 g/mol. The van der Waals surface area contributed by atoms with Crippen molar-refractivity contribution in [3.63, 3.8) is 0 Å². The van der Waals surface area contributed by atoms with Crippen LogP contribution < -0.4 is 16.6 Å². The second-order valence-corrected chi connectivity index (χ2v) is 3.77. The molecule has 1 fully saturated rings. The van der Waals surface area contributed by atoms with Gasteiger partial charge in [-0.3, -0.25) is 10.6 Å². The maximum absolute atomic E-state index is 12.1. The molecule has 0 saturated carbocycles. The molecule has 1 aliphatic rings. The Hall–Kier alpha value is -1.59. The van der Waals surface area contributed by atoms with E-state index >= 15 is 0 Å². The third-order valence-corrected chi connectivity index (χ3v) is 2.68. The van der Waals surface area contributed by atoms with E-state index in [-0.39, 0.29) is 5.91 Å². The lowest BCUT2D eigenvalue weighted by Crippen LogP contribution is -2.46. The number of carbonyl (C=O) groups excluding carboxylic acids is 1. The third kappa shape index (κ3) is 2.32. The fraction of sp³-hybridized carbons (Fsp3) is 0.364. The minimum atomic E-state index is 0.0681. The van der Waals surface area contributed by atoms with Crippen LogP contribution in [0.3, 0.4) is 0 Å². The van der Waals surface area contributed by atoms with Crippen LogP contribution in [0.5, 0.6) is 0 Å². The van der Waals surface area contributed by atoms with Gasteiger partial charge in [0, 0.05) is 37.4 Å². The molecule has 86 valence electrons. The number of nitrogen functional groups attached to an aromatic ring is 1. The molecule has 0 bridgehead atoms. The van der Waals surface area contributed by atoms with E-state index in [1.54, 1.807) is 6.07 Å². The van der Waals surface area contributed by atoms with E-state index in [9.17, 15) is 4.79 Å². The average molecular weight is 220 g/mol. The van der Waals surface area contributed by atoms with Crippen LogP contribution in [0.1, 0.15) is 10.4 Å². The highest BCUT2D eigenvalue weighted by molar-refractivity contribution is 5.95. The van der Waals surface area contributed by atoms with Gasteiger partial charge in [-0.25, -0.2) is 0 Å². The van der Waals surface area contributed by atoms with Gasteiger partial charge in [-0.2, -0.15) is 0 Å². The Bertz CT molecular complexity index is 374. The molecule has 1 heterocycles. The van der Waals surface area contributed by atoms with Crippen LogP contribution in [0.15, 0.2) is 24.3 Å². The van der Waals surface area contributed by atoms with E-state index in [1.807, 2.05) is 23.1 Å². The van der Waals surface area contributed by atoms with E-state index < -0.39 is 0 Å². The van der Waals surface area contributed by atoms with E-state index in [4.69, 9.17) is 5.84 Å². The lowest BCUT2D eigenvalue weighted by molar-refractivity contribution is 0.0736. The van der Waals surface area contributed by atoms with Crippen LogP contribution in [0.2, 0.25) is 0 Å². The molecule has 4 N–H and O–H groups in total. The smallest absolute Gasteiger partial charge is 0.254 e. The van der Waals surface area contributed by atoms with E-state index in [1.165, 1.54) is 0 Å². The van der Waals surface area contributed by atoms with Crippen LogP contribution >= 0.6 is 0 Å². The van der Waals surface area contributed by atoms with Crippen molar-refractivity contribution < 1.29 is 4.79 Å². The van der Waals surface area contributed by atoms with Crippen molar-refractivity contribution in [2.45, 2.75) is 0 Å². The minimum absolute atomic E-state index is 0.0681. The number of nitrogens with zero attached hydrogens (tertiary/aromatic N) is 1. The molecule has 5 nitrogen and oxygen atoms in total. The molecule has 5 heteroatoms. The fourth-order valence-electron chi connectivity index (χ4n) is 1.79. The first-order valence-corrected chi connectivity index (χ1v) is 5.38. The van der Waals surface area contributed by atoms with Gasteiger partial charge in [0.1, 0.15) is 0 Å². The normalized spacial score (nSPS) is 15.9. The summed E-state index contributed by atoms with van der Waals surface area (Å²) in [7, 11) is 0. The van der Waals surface area contributed by atoms with Gasteiger partial charge in [-0.05, 0) is 18.2 Å². The zero-order valence-corrected chi connectivity index (χ0v) is 9.07. The Morgan fingerprint density at radius 1 is 1.38 bits per heavy atom. The number of anilines is 1. The Morgan fingerprint density at radius 3 is 2.81 bits per heavy atom. The fourth-order valence-corrected chi connectivity index (χ4v) is 1.79. The van der Waals surface area contributed by atoms with Crippen LogP contribution in [0.4, 0.5) is 5.69 Å². The summed E-state index contributed by atoms with van der Waals surface area (Å²) in [6.45, 7) is 3.25. The van der Waals surface area contributed by atoms with E-state index in [2.05, 4.69) is 10.7 Å². The predicted molar refractivity (Wildman–Crippen MR) is 63.0 cm³/mol. The van der Waals surface area contributed by atoms with Gasteiger partial charge >= 0.3 is 0 Å². The maximum Gasteiger partial charge on any atom is 0.254 e. The molecule has 1 aliphatic heterocycles. The number of amides is 1. The largest absolute Gasteiger partial charge is 0.336 e. The number of piperazine rings is 1. The highest BCUT2D eigenvalue weighted by atomic mass is 16.2. The number of benzene rings is 1. The first-order valence-electron chi connectivity index (χ1n) is 5.38. The summed E-state index contributed by atoms with van der Waals surface area (Å²) in [4.78, 5) is 14.0. The lowest BCUT2D eigenvalue weighted by atomic mass is 10.1. The van der Waals surface area contributed by atoms with Gasteiger partial charge in [0.25, 0.3) is 5.91 Å². The Labute approximate surface area is 94.6 Å². The summed E-state index contributed by atoms with van der Waals surface area (Å²) in [6, 6.07) is 7.23. The molecule has 16 heavy (non-hydrogen) atoms. The number of carbonyl (C=O) groups is 1. The molecule has 0 atom stereocenters. The van der Waals surface area contributed by atoms with Crippen molar-refractivity contribution in [2.24, 2.45) is 5.84 Å². The summed E-state index contributed by atoms with van der Waals surface area (Å²) >= 11 is 0. The third-order valence-electron chi connectivity index (χ3n) is 2.68. The molecule has 0 unspecified atom stereocenters. The predicted octanol–water partition coefficient (Wildman–Crippen LogP) is 0.0176. The summed E-state index contributed by atoms with van der Waals surface area (Å²) < 4.78 is 0. The highest BCUT2D eigenvalue weighted by Crippen LogP contribution is 2.11. The first-order chi connectivity index (χ1) is 7.81. The quantitative estimate of drug-likeness (QED) is 0.485. The van der Waals surface area contributed by atoms with Crippen molar-refractivity contribution in [3.8, 4) is 0 Å². The van der Waals surface area contributed by atoms with Crippen LogP contribution in [-0.4, -0.2) is 37.0 Å². The summed E-state index contributed by atoms with van der Waals surface area (Å²) in [5.41, 5.74) is 3.97. The van der Waals surface area contributed by atoms with Gasteiger partial charge in [0.05, 0.1) is 0 Å². The molecule has 1 aromatic rings. The SMILES string of the molecule is NNc1cccc(C(=O)N2CCNCC2)c1. The first kappa shape index (κ1) is 10.9. The molecule has 1 aromatic carbocycles. The summed E-state index contributed by atoms with van der Waals surface area (Å²) in [6.07, 6.45) is 0. The zero-order valence-electron chi connectivity index (χ0n) is 9.07. The number of hydrogen-bond acceptors (Lipinski definition) is 4. The van der Waals surface area contributed by atoms with Gasteiger partial charge < -0.3 is 15.6 Å². The Kier molecular flexibility index (Phi) is 3.38. The molecular formula is C11H16N4O. The van der Waals surface area contributed by atoms with Crippen molar-refractivity contribution in [3.05, 3.63) is 29.8 Å². The van der Waals surface area contributed by atoms with Crippen LogP contribution in [0, 0.1) is 0 Å². The van der Waals surface area contributed by atoms with Crippen molar-refractivity contribution in [2.75, 3.05) is 31.6 Å². The van der Waals surface area contributed by atoms with Gasteiger partial charge in [0.2, 0.25) is 0 Å². The topological polar surface area (TPSA) is 70.4 Å². The number of rotatable bonds is 2. The number of nitrogens with one attached hydrogen (secondary N) is 2. The molecule has 0 aliphatic carbocycles. The molecule has 1 saturated heterocycles. The van der Waals surface area contributed by atoms with Gasteiger partial charge in [-0.1, -0.05) is 6.07 Å². The van der Waals surface area contributed by atoms with Crippen molar-refractivity contribution in [1.82, 2.24) is 10.2 Å². The standard InChI is InChI=1S/C11H16N4O/c12-14-10-3-1-2-9(8-10)11(16)15-6-4-13-5-7-15/h1-3,8,13-14H,4-7,12H2. The molecule has 0 aromatic heterocycles. The van der Waals surface area contributed by atoms with Gasteiger partial charge in [-0.15, -0.1) is 0 Å². The molecule has 0 radical (unpaired) electrons. The van der Waals surface area contributed by atoms with E-state index in [0.717, 1.165) is 31.9 Å². The monoisotopic (exact) mass is 220 g/mol. The van der Waals surface area contributed by atoms with Crippen molar-refractivity contribution in [1.29, 1.82) is 0 Å². The number of nitrogens with two attached hydrogens (primary N) is 1. The summed E-state index contributed by atoms with van der Waals surface area (Å²) in [5, 5.41) is 3.22. The average Bonchev–Trinajstić information content (AvgIpc) is 2.39. The molecule has 1 amide bonds. The second-order valence-electron chi connectivity index (χ2n) is 3.77. The highest BCUT2D eigenvalue weighted by Gasteiger charge is 2.17. The van der Waals surface area contributed by atoms with Crippen molar-refractivity contribution >= 4 is 11.6 Å². The molecule has 0 spiro atoms. The Balaban J connectivity index is 2.12. The Morgan fingerprint density at radius 2 is 2.12 bits per heavy atom. The lowest BCUT2D eigenvalue weighted by Gasteiger charge is -2.27. The number of hydrazine groups is 1. The maximum atomic E-state index is 12.1. The van der Waals surface area contributed by atoms with Gasteiger partial charge in [0.15, 0.2) is 0 Å². The zero-order chi connectivity index (χ0) is 11.4. The summed E-state index contributed by atoms with van der Waals surface area (Å²) in [5.74, 6) is 5.38. The minimum Gasteiger partial charge on any atom is -0.336 e. The molecule has 2 rings (SSSR count).